The van der Waals surface area contributed by atoms with Gasteiger partial charge in [-0.2, -0.15) is 5.10 Å². The molecule has 0 aliphatic carbocycles. The Morgan fingerprint density at radius 3 is 2.83 bits per heavy atom. The van der Waals surface area contributed by atoms with Crippen molar-refractivity contribution in [1.82, 2.24) is 20.8 Å². The molecule has 7 heteroatoms. The SMILES string of the molecule is Cl.O=C(NCCC1CCNC1)c1cn[nH]c1-c1ccc(F)cc1. The molecule has 1 atom stereocenters. The lowest BCUT2D eigenvalue weighted by atomic mass is 10.0. The minimum atomic E-state index is -0.306. The number of nitrogens with zero attached hydrogens (tertiary/aromatic N) is 1. The summed E-state index contributed by atoms with van der Waals surface area (Å²) in [6.07, 6.45) is 3.65. The summed E-state index contributed by atoms with van der Waals surface area (Å²) in [4.78, 5) is 12.3. The first-order valence-electron chi connectivity index (χ1n) is 7.52. The summed E-state index contributed by atoms with van der Waals surface area (Å²) in [5, 5.41) is 13.0. The van der Waals surface area contributed by atoms with E-state index in [1.807, 2.05) is 0 Å². The van der Waals surface area contributed by atoms with E-state index in [1.165, 1.54) is 24.8 Å². The van der Waals surface area contributed by atoms with Gasteiger partial charge in [-0.05, 0) is 56.1 Å². The minimum Gasteiger partial charge on any atom is -0.352 e. The third-order valence-corrected chi connectivity index (χ3v) is 4.02. The zero-order valence-electron chi connectivity index (χ0n) is 12.6. The molecular formula is C16H20ClFN4O. The Kier molecular flexibility index (Phi) is 6.12. The first kappa shape index (κ1) is 17.4. The minimum absolute atomic E-state index is 0. The van der Waals surface area contributed by atoms with Crippen molar-refractivity contribution in [1.29, 1.82) is 0 Å². The monoisotopic (exact) mass is 338 g/mol. The zero-order valence-corrected chi connectivity index (χ0v) is 13.5. The van der Waals surface area contributed by atoms with E-state index in [0.29, 0.717) is 23.7 Å². The lowest BCUT2D eigenvalue weighted by Crippen LogP contribution is -2.26. The first-order chi connectivity index (χ1) is 10.7. The van der Waals surface area contributed by atoms with Gasteiger partial charge in [-0.1, -0.05) is 0 Å². The second-order valence-corrected chi connectivity index (χ2v) is 5.57. The topological polar surface area (TPSA) is 69.8 Å². The average molecular weight is 339 g/mol. The summed E-state index contributed by atoms with van der Waals surface area (Å²) < 4.78 is 13.0. The van der Waals surface area contributed by atoms with Crippen molar-refractivity contribution < 1.29 is 9.18 Å². The number of benzene rings is 1. The maximum atomic E-state index is 13.0. The van der Waals surface area contributed by atoms with Crippen LogP contribution >= 0.6 is 12.4 Å². The van der Waals surface area contributed by atoms with Crippen molar-refractivity contribution in [2.45, 2.75) is 12.8 Å². The van der Waals surface area contributed by atoms with Crippen LogP contribution in [0.4, 0.5) is 4.39 Å². The molecule has 1 aromatic carbocycles. The quantitative estimate of drug-likeness (QED) is 0.784. The third-order valence-electron chi connectivity index (χ3n) is 4.02. The standard InChI is InChI=1S/C16H19FN4O.ClH/c17-13-3-1-12(2-4-13)15-14(10-20-21-15)16(22)19-8-6-11-5-7-18-9-11;/h1-4,10-11,18H,5-9H2,(H,19,22)(H,20,21);1H. The second-order valence-electron chi connectivity index (χ2n) is 5.57. The van der Waals surface area contributed by atoms with Crippen LogP contribution in [0.2, 0.25) is 0 Å². The van der Waals surface area contributed by atoms with Crippen LogP contribution in [0.15, 0.2) is 30.5 Å². The molecule has 0 spiro atoms. The van der Waals surface area contributed by atoms with Gasteiger partial charge in [-0.25, -0.2) is 4.39 Å². The number of halogens is 2. The molecule has 1 fully saturated rings. The molecule has 1 aromatic heterocycles. The predicted octanol–water partition coefficient (Wildman–Crippen LogP) is 2.37. The Bertz CT molecular complexity index is 638. The fraction of sp³-hybridized carbons (Fsp3) is 0.375. The van der Waals surface area contributed by atoms with Gasteiger partial charge in [0.15, 0.2) is 0 Å². The highest BCUT2D eigenvalue weighted by atomic mass is 35.5. The second kappa shape index (κ2) is 8.08. The summed E-state index contributed by atoms with van der Waals surface area (Å²) in [6.45, 7) is 2.75. The van der Waals surface area contributed by atoms with Crippen LogP contribution in [0.25, 0.3) is 11.3 Å². The van der Waals surface area contributed by atoms with Crippen LogP contribution in [-0.4, -0.2) is 35.7 Å². The van der Waals surface area contributed by atoms with Crippen LogP contribution in [-0.2, 0) is 0 Å². The van der Waals surface area contributed by atoms with E-state index >= 15 is 0 Å². The van der Waals surface area contributed by atoms with Crippen LogP contribution in [0.1, 0.15) is 23.2 Å². The van der Waals surface area contributed by atoms with Crippen LogP contribution < -0.4 is 10.6 Å². The van der Waals surface area contributed by atoms with Crippen LogP contribution in [0.3, 0.4) is 0 Å². The molecule has 0 radical (unpaired) electrons. The molecule has 0 saturated carbocycles. The Morgan fingerprint density at radius 2 is 2.13 bits per heavy atom. The van der Waals surface area contributed by atoms with E-state index in [1.54, 1.807) is 12.1 Å². The molecule has 1 unspecified atom stereocenters. The fourth-order valence-electron chi connectivity index (χ4n) is 2.74. The molecule has 1 aliphatic rings. The Labute approximate surface area is 140 Å². The Morgan fingerprint density at radius 1 is 1.35 bits per heavy atom. The molecule has 3 rings (SSSR count). The highest BCUT2D eigenvalue weighted by molar-refractivity contribution is 5.99. The molecule has 3 N–H and O–H groups in total. The number of hydrogen-bond donors (Lipinski definition) is 3. The van der Waals surface area contributed by atoms with Gasteiger partial charge in [0.25, 0.3) is 5.91 Å². The van der Waals surface area contributed by atoms with Crippen molar-refractivity contribution in [3.8, 4) is 11.3 Å². The van der Waals surface area contributed by atoms with Crippen molar-refractivity contribution in [2.75, 3.05) is 19.6 Å². The molecule has 2 aromatic rings. The van der Waals surface area contributed by atoms with E-state index in [-0.39, 0.29) is 24.1 Å². The van der Waals surface area contributed by atoms with E-state index in [2.05, 4.69) is 20.8 Å². The summed E-state index contributed by atoms with van der Waals surface area (Å²) in [6, 6.07) is 5.99. The van der Waals surface area contributed by atoms with Crippen molar-refractivity contribution >= 4 is 18.3 Å². The van der Waals surface area contributed by atoms with E-state index < -0.39 is 0 Å². The van der Waals surface area contributed by atoms with Crippen molar-refractivity contribution in [3.63, 3.8) is 0 Å². The molecule has 1 amide bonds. The highest BCUT2D eigenvalue weighted by Gasteiger charge is 2.17. The lowest BCUT2D eigenvalue weighted by Gasteiger charge is -2.09. The normalized spacial score (nSPS) is 16.8. The summed E-state index contributed by atoms with van der Waals surface area (Å²) >= 11 is 0. The Hall–Kier alpha value is -1.92. The largest absolute Gasteiger partial charge is 0.352 e. The number of aromatic amines is 1. The van der Waals surface area contributed by atoms with Gasteiger partial charge in [-0.3, -0.25) is 9.89 Å². The number of carbonyl (C=O) groups is 1. The van der Waals surface area contributed by atoms with Crippen molar-refractivity contribution in [2.24, 2.45) is 5.92 Å². The molecule has 0 bridgehead atoms. The molecular weight excluding hydrogens is 319 g/mol. The molecule has 124 valence electrons. The fourth-order valence-corrected chi connectivity index (χ4v) is 2.74. The number of nitrogens with one attached hydrogen (secondary N) is 3. The maximum Gasteiger partial charge on any atom is 0.255 e. The number of amides is 1. The van der Waals surface area contributed by atoms with E-state index in [4.69, 9.17) is 0 Å². The van der Waals surface area contributed by atoms with E-state index in [0.717, 1.165) is 25.1 Å². The van der Waals surface area contributed by atoms with Crippen LogP contribution in [0.5, 0.6) is 0 Å². The summed E-state index contributed by atoms with van der Waals surface area (Å²) in [7, 11) is 0. The van der Waals surface area contributed by atoms with Crippen LogP contribution in [0, 0.1) is 11.7 Å². The Balaban J connectivity index is 0.00000192. The van der Waals surface area contributed by atoms with Gasteiger partial charge in [0.1, 0.15) is 5.82 Å². The number of carbonyl (C=O) groups excluding carboxylic acids is 1. The molecule has 23 heavy (non-hydrogen) atoms. The molecule has 5 nitrogen and oxygen atoms in total. The number of hydrogen-bond acceptors (Lipinski definition) is 3. The molecule has 1 saturated heterocycles. The average Bonchev–Trinajstić information content (AvgIpc) is 3.19. The van der Waals surface area contributed by atoms with Gasteiger partial charge in [0.05, 0.1) is 17.5 Å². The molecule has 1 aliphatic heterocycles. The van der Waals surface area contributed by atoms with Gasteiger partial charge < -0.3 is 10.6 Å². The molecule has 2 heterocycles. The lowest BCUT2D eigenvalue weighted by molar-refractivity contribution is 0.0952. The zero-order chi connectivity index (χ0) is 15.4. The van der Waals surface area contributed by atoms with E-state index in [9.17, 15) is 9.18 Å². The summed E-state index contributed by atoms with van der Waals surface area (Å²) in [5.74, 6) is 0.180. The summed E-state index contributed by atoms with van der Waals surface area (Å²) in [5.41, 5.74) is 1.83. The number of H-pyrrole nitrogens is 1. The van der Waals surface area contributed by atoms with Gasteiger partial charge in [-0.15, -0.1) is 12.4 Å². The van der Waals surface area contributed by atoms with Crippen molar-refractivity contribution in [3.05, 3.63) is 41.8 Å². The first-order valence-corrected chi connectivity index (χ1v) is 7.52. The van der Waals surface area contributed by atoms with Gasteiger partial charge in [0, 0.05) is 12.1 Å². The predicted molar refractivity (Wildman–Crippen MR) is 89.2 cm³/mol. The number of rotatable bonds is 5. The van der Waals surface area contributed by atoms with Gasteiger partial charge in [0.2, 0.25) is 0 Å². The maximum absolute atomic E-state index is 13.0. The third kappa shape index (κ3) is 4.30. The number of aromatic nitrogens is 2. The smallest absolute Gasteiger partial charge is 0.255 e. The highest BCUT2D eigenvalue weighted by Crippen LogP contribution is 2.21. The van der Waals surface area contributed by atoms with Gasteiger partial charge >= 0.3 is 0 Å².